The van der Waals surface area contributed by atoms with Gasteiger partial charge in [-0.2, -0.15) is 0 Å². The molecular weight excluding hydrogens is 711 g/mol. The van der Waals surface area contributed by atoms with Gasteiger partial charge >= 0.3 is 0 Å². The van der Waals surface area contributed by atoms with E-state index in [1.165, 1.54) is 48.3 Å². The van der Waals surface area contributed by atoms with Gasteiger partial charge in [-0.15, -0.1) is 18.2 Å². The number of hydrogen-bond acceptors (Lipinski definition) is 4. The molecule has 0 amide bonds. The molecular formula is C38H42IrNO3-. The van der Waals surface area contributed by atoms with Gasteiger partial charge in [0.15, 0.2) is 5.78 Å². The number of allylic oxidation sites excluding steroid dienone is 2. The molecule has 5 aromatic rings. The number of aromatic nitrogens is 1. The Morgan fingerprint density at radius 3 is 2.42 bits per heavy atom. The molecule has 5 heteroatoms. The monoisotopic (exact) mass is 753 g/mol. The Bertz CT molecular complexity index is 1740. The van der Waals surface area contributed by atoms with Gasteiger partial charge < -0.3 is 14.5 Å². The smallest absolute Gasteiger partial charge is 0.159 e. The molecule has 6 rings (SSSR count). The number of aliphatic hydroxyl groups is 1. The van der Waals surface area contributed by atoms with Crippen LogP contribution in [0.3, 0.4) is 0 Å². The van der Waals surface area contributed by atoms with Crippen LogP contribution in [0.1, 0.15) is 83.3 Å². The summed E-state index contributed by atoms with van der Waals surface area (Å²) in [6.45, 7) is 10.1. The molecule has 43 heavy (non-hydrogen) atoms. The van der Waals surface area contributed by atoms with Gasteiger partial charge in [0.1, 0.15) is 5.58 Å². The maximum absolute atomic E-state index is 11.2. The van der Waals surface area contributed by atoms with E-state index in [1.807, 2.05) is 40.0 Å². The van der Waals surface area contributed by atoms with Crippen LogP contribution < -0.4 is 0 Å². The topological polar surface area (TPSA) is 63.3 Å². The van der Waals surface area contributed by atoms with Crippen LogP contribution in [0.25, 0.3) is 44.0 Å². The molecule has 1 aliphatic rings. The van der Waals surface area contributed by atoms with E-state index in [0.29, 0.717) is 30.6 Å². The normalized spacial score (nSPS) is 14.0. The van der Waals surface area contributed by atoms with Gasteiger partial charge in [0.2, 0.25) is 0 Å². The standard InChI is InChI=1S/C27H22NO.C11H20O2.Ir/c1-17-9-11-22-23-7-4-8-24(27(23)29-25(22)15-17)26-21-12-10-19(18-5-2-3-6-18)16-20(21)13-14-28-26;1-8(2)5-10(12)7-11(13)6-9(3)4;/h4,7,9-16,18H,2-3,5-6H2,1H3;7-9,12H,5-6H2,1-4H3;/q-1;;/b;10-7-;. The zero-order chi connectivity index (χ0) is 29.8. The van der Waals surface area contributed by atoms with Crippen LogP contribution in [-0.2, 0) is 24.9 Å². The summed E-state index contributed by atoms with van der Waals surface area (Å²) in [5.74, 6) is 1.69. The van der Waals surface area contributed by atoms with Crippen molar-refractivity contribution >= 4 is 38.5 Å². The van der Waals surface area contributed by atoms with Crippen molar-refractivity contribution in [2.24, 2.45) is 11.8 Å². The van der Waals surface area contributed by atoms with Crippen molar-refractivity contribution in [2.75, 3.05) is 0 Å². The molecule has 0 aliphatic heterocycles. The van der Waals surface area contributed by atoms with Crippen LogP contribution in [0.15, 0.2) is 77.0 Å². The van der Waals surface area contributed by atoms with E-state index >= 15 is 0 Å². The Balaban J connectivity index is 0.000000260. The summed E-state index contributed by atoms with van der Waals surface area (Å²) in [5.41, 5.74) is 6.34. The number of nitrogens with zero attached hydrogens (tertiary/aromatic N) is 1. The molecule has 0 atom stereocenters. The summed E-state index contributed by atoms with van der Waals surface area (Å²) >= 11 is 0. The van der Waals surface area contributed by atoms with Crippen molar-refractivity contribution in [3.63, 3.8) is 0 Å². The summed E-state index contributed by atoms with van der Waals surface area (Å²) in [4.78, 5) is 16.0. The molecule has 2 aromatic heterocycles. The number of carbonyl (C=O) groups excluding carboxylic acids is 1. The summed E-state index contributed by atoms with van der Waals surface area (Å²) < 4.78 is 6.30. The maximum atomic E-state index is 11.2. The van der Waals surface area contributed by atoms with E-state index < -0.39 is 0 Å². The summed E-state index contributed by atoms with van der Waals surface area (Å²) in [6.07, 6.45) is 9.71. The van der Waals surface area contributed by atoms with Crippen LogP contribution in [0.5, 0.6) is 0 Å². The summed E-state index contributed by atoms with van der Waals surface area (Å²) in [7, 11) is 0. The fourth-order valence-electron chi connectivity index (χ4n) is 6.06. The minimum atomic E-state index is 0. The average Bonchev–Trinajstić information content (AvgIpc) is 3.60. The number of hydrogen-bond donors (Lipinski definition) is 1. The minimum Gasteiger partial charge on any atom is -0.512 e. The summed E-state index contributed by atoms with van der Waals surface area (Å²) in [6, 6.07) is 22.9. The predicted octanol–water partition coefficient (Wildman–Crippen LogP) is 10.7. The van der Waals surface area contributed by atoms with Crippen LogP contribution in [0.2, 0.25) is 0 Å². The first-order valence-electron chi connectivity index (χ1n) is 15.3. The molecule has 0 spiro atoms. The second-order valence-corrected chi connectivity index (χ2v) is 12.6. The Hall–Kier alpha value is -3.27. The first-order chi connectivity index (χ1) is 20.2. The van der Waals surface area contributed by atoms with Crippen LogP contribution in [0, 0.1) is 24.8 Å². The Morgan fingerprint density at radius 2 is 1.70 bits per heavy atom. The van der Waals surface area contributed by atoms with E-state index in [1.54, 1.807) is 0 Å². The third kappa shape index (κ3) is 7.82. The Labute approximate surface area is 268 Å². The largest absolute Gasteiger partial charge is 0.512 e. The number of pyridine rings is 1. The molecule has 1 fully saturated rings. The third-order valence-electron chi connectivity index (χ3n) is 7.99. The van der Waals surface area contributed by atoms with Crippen molar-refractivity contribution in [3.8, 4) is 11.3 Å². The molecule has 1 N–H and O–H groups in total. The van der Waals surface area contributed by atoms with Gasteiger partial charge in [-0.3, -0.25) is 4.79 Å². The van der Waals surface area contributed by atoms with Crippen molar-refractivity contribution < 1.29 is 34.4 Å². The summed E-state index contributed by atoms with van der Waals surface area (Å²) in [5, 5.41) is 14.0. The van der Waals surface area contributed by atoms with E-state index in [-0.39, 0.29) is 31.6 Å². The van der Waals surface area contributed by atoms with Gasteiger partial charge in [-0.25, -0.2) is 0 Å². The van der Waals surface area contributed by atoms with Gasteiger partial charge in [0.05, 0.1) is 11.3 Å². The zero-order valence-corrected chi connectivity index (χ0v) is 28.3. The molecule has 1 radical (unpaired) electrons. The molecule has 0 unspecified atom stereocenters. The van der Waals surface area contributed by atoms with Crippen molar-refractivity contribution in [1.29, 1.82) is 0 Å². The molecule has 1 aliphatic carbocycles. The maximum Gasteiger partial charge on any atom is 0.159 e. The number of fused-ring (bicyclic) bond motifs is 4. The second-order valence-electron chi connectivity index (χ2n) is 12.6. The Morgan fingerprint density at radius 1 is 0.977 bits per heavy atom. The van der Waals surface area contributed by atoms with Gasteiger partial charge in [-0.1, -0.05) is 81.8 Å². The number of furan rings is 1. The van der Waals surface area contributed by atoms with E-state index in [2.05, 4.69) is 61.5 Å². The van der Waals surface area contributed by atoms with Crippen LogP contribution >= 0.6 is 0 Å². The van der Waals surface area contributed by atoms with Crippen molar-refractivity contribution in [3.05, 3.63) is 89.8 Å². The first kappa shape index (κ1) is 32.6. The number of carbonyl (C=O) groups is 1. The van der Waals surface area contributed by atoms with Crippen molar-refractivity contribution in [1.82, 2.24) is 4.98 Å². The average molecular weight is 753 g/mol. The number of aliphatic hydroxyl groups excluding tert-OH is 1. The molecule has 0 saturated heterocycles. The molecule has 3 aromatic carbocycles. The van der Waals surface area contributed by atoms with Crippen molar-refractivity contribution in [2.45, 2.75) is 79.1 Å². The Kier molecular flexibility index (Phi) is 11.0. The first-order valence-corrected chi connectivity index (χ1v) is 15.3. The minimum absolute atomic E-state index is 0. The number of aryl methyl sites for hydroxylation is 1. The molecule has 1 saturated carbocycles. The van der Waals surface area contributed by atoms with E-state index in [0.717, 1.165) is 38.6 Å². The molecule has 4 nitrogen and oxygen atoms in total. The van der Waals surface area contributed by atoms with Gasteiger partial charge in [-0.05, 0) is 77.2 Å². The zero-order valence-electron chi connectivity index (χ0n) is 25.9. The number of ketones is 1. The number of benzene rings is 3. The fourth-order valence-corrected chi connectivity index (χ4v) is 6.06. The fraction of sp³-hybridized carbons (Fsp3) is 0.368. The second kappa shape index (κ2) is 14.5. The van der Waals surface area contributed by atoms with Crippen LogP contribution in [0.4, 0.5) is 0 Å². The molecule has 0 bridgehead atoms. The quantitative estimate of drug-likeness (QED) is 0.102. The third-order valence-corrected chi connectivity index (χ3v) is 7.99. The van der Waals surface area contributed by atoms with Gasteiger partial charge in [0, 0.05) is 50.6 Å². The SMILES string of the molecule is CC(C)CC(=O)/C=C(\O)CC(C)C.Cc1ccc2c(c1)oc1c(-c3nccc4cc(C5CCCC5)ccc34)[c-]ccc12.[Ir]. The van der Waals surface area contributed by atoms with Gasteiger partial charge in [0.25, 0.3) is 0 Å². The number of rotatable bonds is 7. The predicted molar refractivity (Wildman–Crippen MR) is 174 cm³/mol. The molecule has 2 heterocycles. The van der Waals surface area contributed by atoms with E-state index in [4.69, 9.17) is 9.40 Å². The van der Waals surface area contributed by atoms with E-state index in [9.17, 15) is 9.90 Å². The van der Waals surface area contributed by atoms with Crippen LogP contribution in [-0.4, -0.2) is 15.9 Å². The molecule has 227 valence electrons.